The summed E-state index contributed by atoms with van der Waals surface area (Å²) in [4.78, 5) is 11.8. The van der Waals surface area contributed by atoms with E-state index in [1.165, 1.54) is 24.3 Å². The van der Waals surface area contributed by atoms with Crippen LogP contribution in [-0.4, -0.2) is 5.91 Å². The molecule has 0 spiro atoms. The Hall–Kier alpha value is -1.87. The summed E-state index contributed by atoms with van der Waals surface area (Å²) in [5, 5.41) is 3.22. The molecule has 0 aliphatic heterocycles. The maximum absolute atomic E-state index is 12.7. The average molecular weight is 250 g/mol. The number of carbonyl (C=O) groups excluding carboxylic acids is 1. The highest BCUT2D eigenvalue weighted by atomic mass is 35.5. The van der Waals surface area contributed by atoms with E-state index < -0.39 is 0 Å². The molecule has 0 aromatic heterocycles. The van der Waals surface area contributed by atoms with Gasteiger partial charge in [0.25, 0.3) is 5.91 Å². The van der Waals surface area contributed by atoms with E-state index in [9.17, 15) is 9.18 Å². The van der Waals surface area contributed by atoms with Crippen LogP contribution in [0.25, 0.3) is 0 Å². The van der Waals surface area contributed by atoms with Gasteiger partial charge in [0.1, 0.15) is 5.82 Å². The monoisotopic (exact) mass is 249 g/mol. The molecule has 1 amide bonds. The van der Waals surface area contributed by atoms with Crippen LogP contribution >= 0.6 is 11.6 Å². The van der Waals surface area contributed by atoms with Crippen LogP contribution in [0.3, 0.4) is 0 Å². The molecule has 0 fully saturated rings. The molecule has 17 heavy (non-hydrogen) atoms. The molecule has 0 saturated carbocycles. The smallest absolute Gasteiger partial charge is 0.255 e. The predicted molar refractivity (Wildman–Crippen MR) is 65.8 cm³/mol. The van der Waals surface area contributed by atoms with E-state index >= 15 is 0 Å². The van der Waals surface area contributed by atoms with Crippen molar-refractivity contribution in [3.63, 3.8) is 0 Å². The molecule has 4 heteroatoms. The second kappa shape index (κ2) is 4.97. The first-order chi connectivity index (χ1) is 8.15. The SMILES string of the molecule is O=C(Nc1cccc(Cl)c1)c1ccc(F)cc1. The molecule has 0 heterocycles. The Labute approximate surface area is 103 Å². The Bertz CT molecular complexity index is 539. The van der Waals surface area contributed by atoms with Crippen LogP contribution in [0.15, 0.2) is 48.5 Å². The highest BCUT2D eigenvalue weighted by molar-refractivity contribution is 6.30. The lowest BCUT2D eigenvalue weighted by Crippen LogP contribution is -2.11. The molecule has 0 aliphatic carbocycles. The summed E-state index contributed by atoms with van der Waals surface area (Å²) in [6.07, 6.45) is 0. The first kappa shape index (κ1) is 11.6. The number of anilines is 1. The van der Waals surface area contributed by atoms with Gasteiger partial charge in [0.15, 0.2) is 0 Å². The fraction of sp³-hybridized carbons (Fsp3) is 0. The van der Waals surface area contributed by atoms with Crippen molar-refractivity contribution in [2.75, 3.05) is 5.32 Å². The Balaban J connectivity index is 2.14. The minimum atomic E-state index is -0.371. The summed E-state index contributed by atoms with van der Waals surface area (Å²) in [6, 6.07) is 12.2. The van der Waals surface area contributed by atoms with Crippen LogP contribution in [-0.2, 0) is 0 Å². The maximum atomic E-state index is 12.7. The predicted octanol–water partition coefficient (Wildman–Crippen LogP) is 3.73. The van der Waals surface area contributed by atoms with Crippen LogP contribution in [0.5, 0.6) is 0 Å². The van der Waals surface area contributed by atoms with Crippen molar-refractivity contribution in [2.45, 2.75) is 0 Å². The molecule has 2 nitrogen and oxygen atoms in total. The van der Waals surface area contributed by atoms with E-state index in [1.54, 1.807) is 24.3 Å². The van der Waals surface area contributed by atoms with Gasteiger partial charge in [-0.2, -0.15) is 0 Å². The van der Waals surface area contributed by atoms with Crippen LogP contribution in [0.1, 0.15) is 10.4 Å². The van der Waals surface area contributed by atoms with E-state index in [1.807, 2.05) is 0 Å². The number of nitrogens with one attached hydrogen (secondary N) is 1. The Morgan fingerprint density at radius 2 is 1.82 bits per heavy atom. The standard InChI is InChI=1S/C13H9ClFNO/c14-10-2-1-3-12(8-10)16-13(17)9-4-6-11(15)7-5-9/h1-8H,(H,16,17). The molecule has 0 atom stereocenters. The molecule has 2 rings (SSSR count). The lowest BCUT2D eigenvalue weighted by molar-refractivity contribution is 0.102. The number of rotatable bonds is 2. The van der Waals surface area contributed by atoms with E-state index in [4.69, 9.17) is 11.6 Å². The van der Waals surface area contributed by atoms with Crippen LogP contribution < -0.4 is 5.32 Å². The molecular formula is C13H9ClFNO. The van der Waals surface area contributed by atoms with E-state index in [-0.39, 0.29) is 11.7 Å². The molecule has 1 N–H and O–H groups in total. The summed E-state index contributed by atoms with van der Waals surface area (Å²) >= 11 is 5.79. The molecule has 0 bridgehead atoms. The lowest BCUT2D eigenvalue weighted by atomic mass is 10.2. The van der Waals surface area contributed by atoms with Crippen LogP contribution in [0.4, 0.5) is 10.1 Å². The van der Waals surface area contributed by atoms with E-state index in [2.05, 4.69) is 5.32 Å². The quantitative estimate of drug-likeness (QED) is 0.863. The van der Waals surface area contributed by atoms with Gasteiger partial charge in [-0.05, 0) is 42.5 Å². The highest BCUT2D eigenvalue weighted by Crippen LogP contribution is 2.16. The number of hydrogen-bond acceptors (Lipinski definition) is 1. The third kappa shape index (κ3) is 3.04. The van der Waals surface area contributed by atoms with Crippen molar-refractivity contribution >= 4 is 23.2 Å². The van der Waals surface area contributed by atoms with Crippen LogP contribution in [0.2, 0.25) is 5.02 Å². The van der Waals surface area contributed by atoms with Gasteiger partial charge in [-0.1, -0.05) is 17.7 Å². The Kier molecular flexibility index (Phi) is 3.40. The van der Waals surface area contributed by atoms with Crippen LogP contribution in [0, 0.1) is 5.82 Å². The number of benzene rings is 2. The molecule has 0 saturated heterocycles. The van der Waals surface area contributed by atoms with Gasteiger partial charge in [-0.3, -0.25) is 4.79 Å². The van der Waals surface area contributed by atoms with Gasteiger partial charge < -0.3 is 5.32 Å². The zero-order valence-electron chi connectivity index (χ0n) is 8.78. The third-order valence-electron chi connectivity index (χ3n) is 2.19. The normalized spacial score (nSPS) is 10.0. The molecule has 0 unspecified atom stereocenters. The topological polar surface area (TPSA) is 29.1 Å². The number of halogens is 2. The minimum Gasteiger partial charge on any atom is -0.322 e. The van der Waals surface area contributed by atoms with Crippen molar-refractivity contribution in [1.82, 2.24) is 0 Å². The largest absolute Gasteiger partial charge is 0.322 e. The summed E-state index contributed by atoms with van der Waals surface area (Å²) in [6.45, 7) is 0. The van der Waals surface area contributed by atoms with Crippen molar-refractivity contribution in [3.8, 4) is 0 Å². The fourth-order valence-electron chi connectivity index (χ4n) is 1.37. The molecule has 0 radical (unpaired) electrons. The van der Waals surface area contributed by atoms with Gasteiger partial charge in [-0.25, -0.2) is 4.39 Å². The zero-order chi connectivity index (χ0) is 12.3. The number of hydrogen-bond donors (Lipinski definition) is 1. The summed E-state index contributed by atoms with van der Waals surface area (Å²) in [5.74, 6) is -0.670. The second-order valence-electron chi connectivity index (χ2n) is 3.47. The molecule has 86 valence electrons. The summed E-state index contributed by atoms with van der Waals surface area (Å²) < 4.78 is 12.7. The van der Waals surface area contributed by atoms with Gasteiger partial charge >= 0.3 is 0 Å². The molecule has 0 aliphatic rings. The Morgan fingerprint density at radius 1 is 1.12 bits per heavy atom. The molecule has 2 aromatic rings. The highest BCUT2D eigenvalue weighted by Gasteiger charge is 2.05. The van der Waals surface area contributed by atoms with E-state index in [0.717, 1.165) is 0 Å². The first-order valence-electron chi connectivity index (χ1n) is 4.97. The van der Waals surface area contributed by atoms with Gasteiger partial charge in [-0.15, -0.1) is 0 Å². The van der Waals surface area contributed by atoms with E-state index in [0.29, 0.717) is 16.3 Å². The summed E-state index contributed by atoms with van der Waals surface area (Å²) in [7, 11) is 0. The summed E-state index contributed by atoms with van der Waals surface area (Å²) in [5.41, 5.74) is 0.998. The number of amides is 1. The van der Waals surface area contributed by atoms with Gasteiger partial charge in [0, 0.05) is 16.3 Å². The lowest BCUT2D eigenvalue weighted by Gasteiger charge is -2.05. The van der Waals surface area contributed by atoms with Crippen molar-refractivity contribution in [2.24, 2.45) is 0 Å². The number of carbonyl (C=O) groups is 1. The molecule has 2 aromatic carbocycles. The third-order valence-corrected chi connectivity index (χ3v) is 2.42. The van der Waals surface area contributed by atoms with Gasteiger partial charge in [0.2, 0.25) is 0 Å². The zero-order valence-corrected chi connectivity index (χ0v) is 9.54. The average Bonchev–Trinajstić information content (AvgIpc) is 2.29. The van der Waals surface area contributed by atoms with Crippen molar-refractivity contribution in [3.05, 3.63) is 64.9 Å². The van der Waals surface area contributed by atoms with Crippen molar-refractivity contribution < 1.29 is 9.18 Å². The maximum Gasteiger partial charge on any atom is 0.255 e. The Morgan fingerprint density at radius 3 is 2.47 bits per heavy atom. The fourth-order valence-corrected chi connectivity index (χ4v) is 1.56. The van der Waals surface area contributed by atoms with Gasteiger partial charge in [0.05, 0.1) is 0 Å². The van der Waals surface area contributed by atoms with Crippen molar-refractivity contribution in [1.29, 1.82) is 0 Å². The minimum absolute atomic E-state index is 0.299. The molecular weight excluding hydrogens is 241 g/mol. The second-order valence-corrected chi connectivity index (χ2v) is 3.91. The first-order valence-corrected chi connectivity index (χ1v) is 5.35.